The molecule has 0 radical (unpaired) electrons. The van der Waals surface area contributed by atoms with Gasteiger partial charge in [-0.3, -0.25) is 0 Å². The SMILES string of the molecule is CCCCC/C=C/C=C(\CCCCCC)C(=O)O. The summed E-state index contributed by atoms with van der Waals surface area (Å²) in [5.74, 6) is -0.773. The Morgan fingerprint density at radius 3 is 2.28 bits per heavy atom. The first-order valence-electron chi connectivity index (χ1n) is 7.31. The molecule has 0 aliphatic carbocycles. The summed E-state index contributed by atoms with van der Waals surface area (Å²) in [6, 6.07) is 0. The Morgan fingerprint density at radius 1 is 1.00 bits per heavy atom. The van der Waals surface area contributed by atoms with Gasteiger partial charge < -0.3 is 5.11 Å². The third-order valence-corrected chi connectivity index (χ3v) is 2.98. The van der Waals surface area contributed by atoms with Crippen LogP contribution in [0.25, 0.3) is 0 Å². The van der Waals surface area contributed by atoms with E-state index in [1.165, 1.54) is 32.1 Å². The van der Waals surface area contributed by atoms with Crippen molar-refractivity contribution in [3.63, 3.8) is 0 Å². The second-order valence-electron chi connectivity index (χ2n) is 4.73. The molecule has 2 heteroatoms. The van der Waals surface area contributed by atoms with Crippen molar-refractivity contribution in [2.24, 2.45) is 0 Å². The molecule has 18 heavy (non-hydrogen) atoms. The van der Waals surface area contributed by atoms with Crippen LogP contribution in [0, 0.1) is 0 Å². The molecule has 0 aromatic carbocycles. The maximum atomic E-state index is 11.0. The predicted molar refractivity (Wildman–Crippen MR) is 77.8 cm³/mol. The van der Waals surface area contributed by atoms with Crippen LogP contribution < -0.4 is 0 Å². The van der Waals surface area contributed by atoms with E-state index in [1.807, 2.05) is 6.08 Å². The molecule has 0 aromatic heterocycles. The number of hydrogen-bond acceptors (Lipinski definition) is 1. The molecule has 0 unspecified atom stereocenters. The van der Waals surface area contributed by atoms with Gasteiger partial charge in [0.25, 0.3) is 0 Å². The highest BCUT2D eigenvalue weighted by atomic mass is 16.4. The second kappa shape index (κ2) is 12.4. The van der Waals surface area contributed by atoms with Crippen LogP contribution in [0.5, 0.6) is 0 Å². The van der Waals surface area contributed by atoms with Crippen LogP contribution in [-0.4, -0.2) is 11.1 Å². The molecule has 0 amide bonds. The molecule has 0 saturated heterocycles. The average Bonchev–Trinajstić information content (AvgIpc) is 2.35. The molecule has 2 nitrogen and oxygen atoms in total. The van der Waals surface area contributed by atoms with Crippen LogP contribution in [0.3, 0.4) is 0 Å². The van der Waals surface area contributed by atoms with E-state index < -0.39 is 5.97 Å². The van der Waals surface area contributed by atoms with E-state index in [4.69, 9.17) is 5.11 Å². The monoisotopic (exact) mass is 252 g/mol. The van der Waals surface area contributed by atoms with Gasteiger partial charge in [-0.2, -0.15) is 0 Å². The second-order valence-corrected chi connectivity index (χ2v) is 4.73. The number of rotatable bonds is 11. The highest BCUT2D eigenvalue weighted by molar-refractivity contribution is 5.86. The molecular weight excluding hydrogens is 224 g/mol. The van der Waals surface area contributed by atoms with Crippen LogP contribution >= 0.6 is 0 Å². The minimum absolute atomic E-state index is 0.540. The number of carboxylic acid groups (broad SMARTS) is 1. The maximum absolute atomic E-state index is 11.0. The lowest BCUT2D eigenvalue weighted by Gasteiger charge is -2.01. The predicted octanol–water partition coefficient (Wildman–Crippen LogP) is 5.10. The van der Waals surface area contributed by atoms with Crippen molar-refractivity contribution in [2.75, 3.05) is 0 Å². The number of aliphatic carboxylic acids is 1. The van der Waals surface area contributed by atoms with E-state index >= 15 is 0 Å². The zero-order valence-corrected chi connectivity index (χ0v) is 12.0. The van der Waals surface area contributed by atoms with Crippen molar-refractivity contribution >= 4 is 5.97 Å². The molecule has 104 valence electrons. The number of allylic oxidation sites excluding steroid dienone is 3. The summed E-state index contributed by atoms with van der Waals surface area (Å²) in [6.45, 7) is 4.34. The van der Waals surface area contributed by atoms with Crippen LogP contribution in [-0.2, 0) is 4.79 Å². The first-order chi connectivity index (χ1) is 8.72. The molecule has 0 aliphatic rings. The smallest absolute Gasteiger partial charge is 0.331 e. The first-order valence-corrected chi connectivity index (χ1v) is 7.31. The summed E-state index contributed by atoms with van der Waals surface area (Å²) in [5, 5.41) is 9.07. The van der Waals surface area contributed by atoms with Gasteiger partial charge >= 0.3 is 5.97 Å². The van der Waals surface area contributed by atoms with Crippen molar-refractivity contribution in [2.45, 2.75) is 71.6 Å². The average molecular weight is 252 g/mol. The summed E-state index contributed by atoms with van der Waals surface area (Å²) < 4.78 is 0. The number of hydrogen-bond donors (Lipinski definition) is 1. The minimum Gasteiger partial charge on any atom is -0.478 e. The maximum Gasteiger partial charge on any atom is 0.331 e. The van der Waals surface area contributed by atoms with E-state index in [-0.39, 0.29) is 0 Å². The highest BCUT2D eigenvalue weighted by Crippen LogP contribution is 2.11. The topological polar surface area (TPSA) is 37.3 Å². The van der Waals surface area contributed by atoms with Crippen molar-refractivity contribution in [3.05, 3.63) is 23.8 Å². The quantitative estimate of drug-likeness (QED) is 0.315. The van der Waals surface area contributed by atoms with E-state index in [2.05, 4.69) is 19.9 Å². The molecule has 0 rings (SSSR count). The van der Waals surface area contributed by atoms with Crippen molar-refractivity contribution in [3.8, 4) is 0 Å². The number of carbonyl (C=O) groups is 1. The Bertz CT molecular complexity index is 264. The largest absolute Gasteiger partial charge is 0.478 e. The summed E-state index contributed by atoms with van der Waals surface area (Å²) in [7, 11) is 0. The first kappa shape index (κ1) is 16.9. The number of carboxylic acids is 1. The van der Waals surface area contributed by atoms with Gasteiger partial charge in [0.2, 0.25) is 0 Å². The van der Waals surface area contributed by atoms with Gasteiger partial charge in [0.1, 0.15) is 0 Å². The molecule has 0 atom stereocenters. The zero-order chi connectivity index (χ0) is 13.6. The van der Waals surface area contributed by atoms with Crippen LogP contribution in [0.2, 0.25) is 0 Å². The van der Waals surface area contributed by atoms with Crippen molar-refractivity contribution in [1.82, 2.24) is 0 Å². The minimum atomic E-state index is -0.773. The lowest BCUT2D eigenvalue weighted by Crippen LogP contribution is -2.00. The van der Waals surface area contributed by atoms with Gasteiger partial charge in [0.05, 0.1) is 0 Å². The number of unbranched alkanes of at least 4 members (excludes halogenated alkanes) is 6. The van der Waals surface area contributed by atoms with Crippen molar-refractivity contribution < 1.29 is 9.90 Å². The van der Waals surface area contributed by atoms with Gasteiger partial charge in [0.15, 0.2) is 0 Å². The Labute approximate surface area is 112 Å². The van der Waals surface area contributed by atoms with E-state index in [0.29, 0.717) is 12.0 Å². The molecule has 0 saturated carbocycles. The van der Waals surface area contributed by atoms with Gasteiger partial charge in [-0.15, -0.1) is 0 Å². The van der Waals surface area contributed by atoms with Gasteiger partial charge in [0, 0.05) is 5.57 Å². The Hall–Kier alpha value is -1.05. The third-order valence-electron chi connectivity index (χ3n) is 2.98. The molecule has 0 aliphatic heterocycles. The van der Waals surface area contributed by atoms with E-state index in [9.17, 15) is 4.79 Å². The molecular formula is C16H28O2. The van der Waals surface area contributed by atoms with E-state index in [0.717, 1.165) is 19.3 Å². The Balaban J connectivity index is 3.96. The molecule has 1 N–H and O–H groups in total. The van der Waals surface area contributed by atoms with E-state index in [1.54, 1.807) is 6.08 Å². The van der Waals surface area contributed by atoms with Gasteiger partial charge in [-0.05, 0) is 25.7 Å². The summed E-state index contributed by atoms with van der Waals surface area (Å²) in [6.07, 6.45) is 15.6. The van der Waals surface area contributed by atoms with Gasteiger partial charge in [-0.1, -0.05) is 64.2 Å². The lowest BCUT2D eigenvalue weighted by molar-refractivity contribution is -0.132. The van der Waals surface area contributed by atoms with Crippen LogP contribution in [0.4, 0.5) is 0 Å². The lowest BCUT2D eigenvalue weighted by atomic mass is 10.1. The molecule has 0 bridgehead atoms. The van der Waals surface area contributed by atoms with Gasteiger partial charge in [-0.25, -0.2) is 4.79 Å². The molecule has 0 heterocycles. The summed E-state index contributed by atoms with van der Waals surface area (Å²) >= 11 is 0. The highest BCUT2D eigenvalue weighted by Gasteiger charge is 2.04. The zero-order valence-electron chi connectivity index (χ0n) is 12.0. The Kier molecular flexibility index (Phi) is 11.7. The fourth-order valence-corrected chi connectivity index (χ4v) is 1.80. The Morgan fingerprint density at radius 2 is 1.67 bits per heavy atom. The third kappa shape index (κ3) is 10.1. The molecule has 0 aromatic rings. The fourth-order valence-electron chi connectivity index (χ4n) is 1.80. The standard InChI is InChI=1S/C16H28O2/c1-3-5-7-9-10-12-14-15(16(17)18)13-11-8-6-4-2/h10,12,14H,3-9,11,13H2,1-2H3,(H,17,18)/b12-10+,15-14+. The van der Waals surface area contributed by atoms with Crippen LogP contribution in [0.1, 0.15) is 71.6 Å². The van der Waals surface area contributed by atoms with Crippen molar-refractivity contribution in [1.29, 1.82) is 0 Å². The normalized spacial score (nSPS) is 12.2. The summed E-state index contributed by atoms with van der Waals surface area (Å²) in [4.78, 5) is 11.0. The van der Waals surface area contributed by atoms with Crippen LogP contribution in [0.15, 0.2) is 23.8 Å². The summed E-state index contributed by atoms with van der Waals surface area (Å²) in [5.41, 5.74) is 0.540. The molecule has 0 spiro atoms. The molecule has 0 fully saturated rings. The fraction of sp³-hybridized carbons (Fsp3) is 0.688.